The van der Waals surface area contributed by atoms with Crippen molar-refractivity contribution in [2.45, 2.75) is 111 Å². The van der Waals surface area contributed by atoms with Crippen molar-refractivity contribution in [1.82, 2.24) is 9.97 Å². The second kappa shape index (κ2) is 6.76. The second-order valence-corrected chi connectivity index (χ2v) is 9.14. The minimum atomic E-state index is 0.104. The number of aromatic amines is 1. The monoisotopic (exact) mass is 306 g/mol. The van der Waals surface area contributed by atoms with E-state index in [0.717, 1.165) is 12.2 Å². The summed E-state index contributed by atoms with van der Waals surface area (Å²) in [6.07, 6.45) is 6.18. The Bertz CT molecular complexity index is 472. The molecule has 1 N–H and O–H groups in total. The maximum atomic E-state index is 5.11. The summed E-state index contributed by atoms with van der Waals surface area (Å²) in [4.78, 5) is 8.81. The highest BCUT2D eigenvalue weighted by molar-refractivity contribution is 5.30. The molecule has 0 aromatic carbocycles. The maximum Gasteiger partial charge on any atom is 0.112 e. The summed E-state index contributed by atoms with van der Waals surface area (Å²) in [7, 11) is 0. The van der Waals surface area contributed by atoms with E-state index < -0.39 is 0 Å². The zero-order chi connectivity index (χ0) is 17.2. The highest BCUT2D eigenvalue weighted by Crippen LogP contribution is 2.38. The topological polar surface area (TPSA) is 28.7 Å². The fourth-order valence-corrected chi connectivity index (χ4v) is 2.83. The Kier molecular flexibility index (Phi) is 5.92. The molecule has 0 atom stereocenters. The predicted molar refractivity (Wildman–Crippen MR) is 97.8 cm³/mol. The zero-order valence-corrected chi connectivity index (χ0v) is 16.5. The smallest absolute Gasteiger partial charge is 0.112 e. The molecule has 0 bridgehead atoms. The molecule has 0 radical (unpaired) electrons. The van der Waals surface area contributed by atoms with Gasteiger partial charge >= 0.3 is 0 Å². The van der Waals surface area contributed by atoms with Crippen molar-refractivity contribution in [3.8, 4) is 0 Å². The lowest BCUT2D eigenvalue weighted by molar-refractivity contribution is 0.422. The number of aromatic nitrogens is 2. The van der Waals surface area contributed by atoms with E-state index >= 15 is 0 Å². The highest BCUT2D eigenvalue weighted by atomic mass is 15.0. The van der Waals surface area contributed by atoms with E-state index in [9.17, 15) is 0 Å². The van der Waals surface area contributed by atoms with Gasteiger partial charge in [0.15, 0.2) is 0 Å². The van der Waals surface area contributed by atoms with Crippen LogP contribution in [0.1, 0.15) is 112 Å². The van der Waals surface area contributed by atoms with Crippen LogP contribution < -0.4 is 0 Å². The molecule has 1 rings (SSSR count). The Morgan fingerprint density at radius 1 is 0.864 bits per heavy atom. The van der Waals surface area contributed by atoms with Crippen LogP contribution in [-0.4, -0.2) is 9.97 Å². The van der Waals surface area contributed by atoms with Crippen LogP contribution in [0.2, 0.25) is 0 Å². The summed E-state index contributed by atoms with van der Waals surface area (Å²) >= 11 is 0. The van der Waals surface area contributed by atoms with Gasteiger partial charge < -0.3 is 4.98 Å². The molecule has 2 nitrogen and oxygen atoms in total. The standard InChI is InChI=1S/C20H38N2/c1-10-12-13-14-20(8,9)16-15(18(3,4)5)21-17(22-16)19(6,7)11-2/h10-14H2,1-9H3,(H,21,22). The Balaban J connectivity index is 3.27. The van der Waals surface area contributed by atoms with Gasteiger partial charge in [-0.05, 0) is 12.8 Å². The van der Waals surface area contributed by atoms with E-state index in [0.29, 0.717) is 0 Å². The number of hydrogen-bond acceptors (Lipinski definition) is 1. The first kappa shape index (κ1) is 19.3. The van der Waals surface area contributed by atoms with Gasteiger partial charge in [-0.3, -0.25) is 0 Å². The van der Waals surface area contributed by atoms with E-state index in [-0.39, 0.29) is 16.2 Å². The van der Waals surface area contributed by atoms with Gasteiger partial charge in [0.25, 0.3) is 0 Å². The third kappa shape index (κ3) is 4.36. The second-order valence-electron chi connectivity index (χ2n) is 9.14. The third-order valence-electron chi connectivity index (χ3n) is 5.03. The average Bonchev–Trinajstić information content (AvgIpc) is 2.85. The van der Waals surface area contributed by atoms with E-state index in [2.05, 4.69) is 67.3 Å². The minimum Gasteiger partial charge on any atom is -0.345 e. The van der Waals surface area contributed by atoms with Crippen molar-refractivity contribution in [3.05, 3.63) is 17.2 Å². The summed E-state index contributed by atoms with van der Waals surface area (Å²) in [5, 5.41) is 0. The lowest BCUT2D eigenvalue weighted by Gasteiger charge is -2.28. The summed E-state index contributed by atoms with van der Waals surface area (Å²) in [5.74, 6) is 1.15. The Labute approximate surface area is 138 Å². The van der Waals surface area contributed by atoms with Crippen molar-refractivity contribution in [2.24, 2.45) is 0 Å². The molecule has 0 amide bonds. The van der Waals surface area contributed by atoms with E-state index in [1.165, 1.54) is 37.1 Å². The summed E-state index contributed by atoms with van der Waals surface area (Å²) in [6.45, 7) is 20.7. The predicted octanol–water partition coefficient (Wildman–Crippen LogP) is 6.25. The molecule has 0 spiro atoms. The largest absolute Gasteiger partial charge is 0.345 e. The molecule has 0 aliphatic carbocycles. The van der Waals surface area contributed by atoms with Crippen LogP contribution in [-0.2, 0) is 16.2 Å². The quantitative estimate of drug-likeness (QED) is 0.592. The molecule has 1 aromatic heterocycles. The lowest BCUT2D eigenvalue weighted by atomic mass is 9.78. The van der Waals surface area contributed by atoms with Crippen LogP contribution in [0.5, 0.6) is 0 Å². The molecule has 22 heavy (non-hydrogen) atoms. The van der Waals surface area contributed by atoms with Crippen LogP contribution in [0.4, 0.5) is 0 Å². The number of rotatable bonds is 7. The van der Waals surface area contributed by atoms with Gasteiger partial charge in [0.1, 0.15) is 5.82 Å². The first-order chi connectivity index (χ1) is 9.95. The van der Waals surface area contributed by atoms with Crippen molar-refractivity contribution in [2.75, 3.05) is 0 Å². The highest BCUT2D eigenvalue weighted by Gasteiger charge is 2.34. The molecule has 1 aromatic rings. The van der Waals surface area contributed by atoms with Crippen molar-refractivity contribution < 1.29 is 0 Å². The van der Waals surface area contributed by atoms with Gasteiger partial charge in [0.2, 0.25) is 0 Å². The summed E-state index contributed by atoms with van der Waals surface area (Å²) < 4.78 is 0. The van der Waals surface area contributed by atoms with Gasteiger partial charge in [-0.25, -0.2) is 4.98 Å². The van der Waals surface area contributed by atoms with Crippen LogP contribution in [0.3, 0.4) is 0 Å². The molecular weight excluding hydrogens is 268 g/mol. The first-order valence-corrected chi connectivity index (χ1v) is 9.07. The van der Waals surface area contributed by atoms with E-state index in [4.69, 9.17) is 4.98 Å². The molecule has 2 heteroatoms. The molecule has 0 aliphatic rings. The Hall–Kier alpha value is -0.790. The number of imidazole rings is 1. The minimum absolute atomic E-state index is 0.104. The number of H-pyrrole nitrogens is 1. The van der Waals surface area contributed by atoms with Gasteiger partial charge in [-0.2, -0.15) is 0 Å². The van der Waals surface area contributed by atoms with Gasteiger partial charge in [0, 0.05) is 21.9 Å². The SMILES string of the molecule is CCCCCC(C)(C)c1nc(C(C)(C)CC)[nH]c1C(C)(C)C. The average molecular weight is 307 g/mol. The van der Waals surface area contributed by atoms with E-state index in [1.54, 1.807) is 0 Å². The third-order valence-corrected chi connectivity index (χ3v) is 5.03. The lowest BCUT2D eigenvalue weighted by Crippen LogP contribution is -2.24. The Morgan fingerprint density at radius 3 is 1.91 bits per heavy atom. The molecule has 128 valence electrons. The number of unbranched alkanes of at least 4 members (excludes halogenated alkanes) is 2. The van der Waals surface area contributed by atoms with Crippen molar-refractivity contribution in [1.29, 1.82) is 0 Å². The zero-order valence-electron chi connectivity index (χ0n) is 16.5. The molecule has 0 unspecified atom stereocenters. The molecule has 0 aliphatic heterocycles. The molecular formula is C20H38N2. The number of nitrogens with one attached hydrogen (secondary N) is 1. The van der Waals surface area contributed by atoms with Crippen LogP contribution in [0.15, 0.2) is 0 Å². The van der Waals surface area contributed by atoms with Gasteiger partial charge in [0.05, 0.1) is 5.69 Å². The first-order valence-electron chi connectivity index (χ1n) is 9.07. The Morgan fingerprint density at radius 2 is 1.45 bits per heavy atom. The summed E-state index contributed by atoms with van der Waals surface area (Å²) in [5.41, 5.74) is 2.96. The van der Waals surface area contributed by atoms with Crippen molar-refractivity contribution >= 4 is 0 Å². The summed E-state index contributed by atoms with van der Waals surface area (Å²) in [6, 6.07) is 0. The fourth-order valence-electron chi connectivity index (χ4n) is 2.83. The molecule has 0 saturated heterocycles. The molecule has 0 saturated carbocycles. The van der Waals surface area contributed by atoms with Gasteiger partial charge in [-0.1, -0.05) is 81.6 Å². The molecule has 0 fully saturated rings. The van der Waals surface area contributed by atoms with Crippen LogP contribution in [0.25, 0.3) is 0 Å². The van der Waals surface area contributed by atoms with Crippen LogP contribution >= 0.6 is 0 Å². The van der Waals surface area contributed by atoms with E-state index in [1.807, 2.05) is 0 Å². The van der Waals surface area contributed by atoms with Gasteiger partial charge in [-0.15, -0.1) is 0 Å². The number of nitrogens with zero attached hydrogens (tertiary/aromatic N) is 1. The van der Waals surface area contributed by atoms with Crippen LogP contribution in [0, 0.1) is 0 Å². The normalized spacial score (nSPS) is 13.7. The molecule has 1 heterocycles. The fraction of sp³-hybridized carbons (Fsp3) is 0.850. The number of hydrogen-bond donors (Lipinski definition) is 1. The maximum absolute atomic E-state index is 5.11. The van der Waals surface area contributed by atoms with Crippen molar-refractivity contribution in [3.63, 3.8) is 0 Å².